The topological polar surface area (TPSA) is 75.6 Å². The van der Waals surface area contributed by atoms with Crippen LogP contribution in [0.3, 0.4) is 0 Å². The number of aromatic nitrogens is 4. The molecule has 0 aliphatic carbocycles. The molecule has 0 fully saturated rings. The van der Waals surface area contributed by atoms with E-state index in [2.05, 4.69) is 20.4 Å². The Morgan fingerprint density at radius 2 is 2.11 bits per heavy atom. The number of hydrogen-bond donors (Lipinski definition) is 2. The van der Waals surface area contributed by atoms with E-state index in [4.69, 9.17) is 0 Å². The van der Waals surface area contributed by atoms with Crippen LogP contribution in [-0.4, -0.2) is 25.7 Å². The van der Waals surface area contributed by atoms with Crippen LogP contribution in [0, 0.1) is 12.7 Å². The first kappa shape index (κ1) is 17.0. The fourth-order valence-corrected chi connectivity index (χ4v) is 3.14. The standard InChI is InChI=1S/C20H18FN5O/c1-12(16-11-23-26(13(16)2)19-5-3-4-8-22-19)24-20(27)18-10-14-9-15(21)6-7-17(14)25-18/h3-12,25H,1-2H3,(H,24,27)/t12-/m0/s1. The third-order valence-electron chi connectivity index (χ3n) is 4.56. The van der Waals surface area contributed by atoms with Gasteiger partial charge in [0.1, 0.15) is 11.5 Å². The van der Waals surface area contributed by atoms with Crippen LogP contribution in [0.4, 0.5) is 4.39 Å². The van der Waals surface area contributed by atoms with Crippen LogP contribution >= 0.6 is 0 Å². The molecule has 1 amide bonds. The van der Waals surface area contributed by atoms with Gasteiger partial charge < -0.3 is 10.3 Å². The Morgan fingerprint density at radius 1 is 1.26 bits per heavy atom. The van der Waals surface area contributed by atoms with Gasteiger partial charge >= 0.3 is 0 Å². The number of hydrogen-bond acceptors (Lipinski definition) is 3. The Balaban J connectivity index is 1.55. The largest absolute Gasteiger partial charge is 0.351 e. The van der Waals surface area contributed by atoms with E-state index in [-0.39, 0.29) is 17.8 Å². The van der Waals surface area contributed by atoms with Crippen molar-refractivity contribution in [3.63, 3.8) is 0 Å². The molecule has 7 heteroatoms. The number of carbonyl (C=O) groups is 1. The van der Waals surface area contributed by atoms with Crippen LogP contribution in [0.15, 0.2) is 54.9 Å². The number of carbonyl (C=O) groups excluding carboxylic acids is 1. The predicted molar refractivity (Wildman–Crippen MR) is 100 cm³/mol. The number of nitrogens with zero attached hydrogens (tertiary/aromatic N) is 3. The molecule has 0 aliphatic heterocycles. The van der Waals surface area contributed by atoms with Gasteiger partial charge in [-0.3, -0.25) is 4.79 Å². The number of amides is 1. The van der Waals surface area contributed by atoms with Crippen LogP contribution in [0.25, 0.3) is 16.7 Å². The summed E-state index contributed by atoms with van der Waals surface area (Å²) in [6, 6.07) is 11.4. The summed E-state index contributed by atoms with van der Waals surface area (Å²) in [5, 5.41) is 8.00. The van der Waals surface area contributed by atoms with Gasteiger partial charge in [-0.25, -0.2) is 14.1 Å². The highest BCUT2D eigenvalue weighted by atomic mass is 19.1. The zero-order chi connectivity index (χ0) is 19.0. The zero-order valence-electron chi connectivity index (χ0n) is 14.9. The summed E-state index contributed by atoms with van der Waals surface area (Å²) >= 11 is 0. The molecule has 6 nitrogen and oxygen atoms in total. The SMILES string of the molecule is Cc1c([C@H](C)NC(=O)c2cc3cc(F)ccc3[nH]2)cnn1-c1ccccn1. The van der Waals surface area contributed by atoms with Gasteiger partial charge in [-0.05, 0) is 50.2 Å². The molecule has 4 aromatic rings. The minimum Gasteiger partial charge on any atom is -0.351 e. The van der Waals surface area contributed by atoms with E-state index in [1.165, 1.54) is 12.1 Å². The first-order valence-electron chi connectivity index (χ1n) is 8.58. The van der Waals surface area contributed by atoms with Crippen molar-refractivity contribution < 1.29 is 9.18 Å². The van der Waals surface area contributed by atoms with Gasteiger partial charge in [-0.15, -0.1) is 0 Å². The molecular weight excluding hydrogens is 345 g/mol. The maximum Gasteiger partial charge on any atom is 0.268 e. The number of halogens is 1. The summed E-state index contributed by atoms with van der Waals surface area (Å²) in [7, 11) is 0. The van der Waals surface area contributed by atoms with E-state index >= 15 is 0 Å². The molecule has 0 spiro atoms. The number of aromatic amines is 1. The molecule has 3 heterocycles. The van der Waals surface area contributed by atoms with Crippen LogP contribution < -0.4 is 5.32 Å². The normalized spacial score (nSPS) is 12.3. The average molecular weight is 363 g/mol. The van der Waals surface area contributed by atoms with Gasteiger partial charge in [0.15, 0.2) is 5.82 Å². The number of pyridine rings is 1. The maximum absolute atomic E-state index is 13.3. The summed E-state index contributed by atoms with van der Waals surface area (Å²) < 4.78 is 15.1. The van der Waals surface area contributed by atoms with Crippen molar-refractivity contribution in [3.8, 4) is 5.82 Å². The van der Waals surface area contributed by atoms with Crippen LogP contribution in [0.1, 0.15) is 34.7 Å². The fraction of sp³-hybridized carbons (Fsp3) is 0.150. The molecule has 1 atom stereocenters. The lowest BCUT2D eigenvalue weighted by Gasteiger charge is -2.13. The summed E-state index contributed by atoms with van der Waals surface area (Å²) in [5.74, 6) is 0.126. The van der Waals surface area contributed by atoms with E-state index in [9.17, 15) is 9.18 Å². The minimum absolute atomic E-state index is 0.252. The second-order valence-electron chi connectivity index (χ2n) is 6.39. The highest BCUT2D eigenvalue weighted by molar-refractivity contribution is 5.98. The lowest BCUT2D eigenvalue weighted by molar-refractivity contribution is 0.0935. The Labute approximate surface area is 155 Å². The van der Waals surface area contributed by atoms with Crippen molar-refractivity contribution in [2.75, 3.05) is 0 Å². The molecule has 136 valence electrons. The lowest BCUT2D eigenvalue weighted by atomic mass is 10.1. The number of nitrogens with one attached hydrogen (secondary N) is 2. The molecule has 1 aromatic carbocycles. The Morgan fingerprint density at radius 3 is 2.89 bits per heavy atom. The Bertz CT molecular complexity index is 1120. The molecule has 4 rings (SSSR count). The Hall–Kier alpha value is -3.48. The third kappa shape index (κ3) is 3.19. The second-order valence-corrected chi connectivity index (χ2v) is 6.39. The molecule has 0 bridgehead atoms. The van der Waals surface area contributed by atoms with E-state index < -0.39 is 0 Å². The highest BCUT2D eigenvalue weighted by Gasteiger charge is 2.18. The second kappa shape index (κ2) is 6.68. The van der Waals surface area contributed by atoms with Gasteiger partial charge in [0.2, 0.25) is 0 Å². The van der Waals surface area contributed by atoms with Gasteiger partial charge in [-0.2, -0.15) is 5.10 Å². The number of fused-ring (bicyclic) bond motifs is 1. The third-order valence-corrected chi connectivity index (χ3v) is 4.56. The van der Waals surface area contributed by atoms with E-state index in [0.717, 1.165) is 17.1 Å². The number of benzene rings is 1. The quantitative estimate of drug-likeness (QED) is 0.581. The van der Waals surface area contributed by atoms with Crippen LogP contribution in [0.5, 0.6) is 0 Å². The van der Waals surface area contributed by atoms with Crippen molar-refractivity contribution in [1.29, 1.82) is 0 Å². The fourth-order valence-electron chi connectivity index (χ4n) is 3.14. The zero-order valence-corrected chi connectivity index (χ0v) is 14.9. The van der Waals surface area contributed by atoms with Gasteiger partial charge in [0, 0.05) is 28.4 Å². The minimum atomic E-state index is -0.334. The monoisotopic (exact) mass is 363 g/mol. The number of rotatable bonds is 4. The lowest BCUT2D eigenvalue weighted by Crippen LogP contribution is -2.27. The summed E-state index contributed by atoms with van der Waals surface area (Å²) in [4.78, 5) is 19.9. The summed E-state index contributed by atoms with van der Waals surface area (Å²) in [5.41, 5.74) is 2.90. The maximum atomic E-state index is 13.3. The molecule has 27 heavy (non-hydrogen) atoms. The molecule has 3 aromatic heterocycles. The van der Waals surface area contributed by atoms with Crippen LogP contribution in [-0.2, 0) is 0 Å². The molecule has 2 N–H and O–H groups in total. The van der Waals surface area contributed by atoms with Gasteiger partial charge in [0.05, 0.1) is 12.2 Å². The first-order chi connectivity index (χ1) is 13.0. The highest BCUT2D eigenvalue weighted by Crippen LogP contribution is 2.21. The van der Waals surface area contributed by atoms with Crippen molar-refractivity contribution in [3.05, 3.63) is 77.6 Å². The van der Waals surface area contributed by atoms with Gasteiger partial charge in [-0.1, -0.05) is 6.07 Å². The van der Waals surface area contributed by atoms with Crippen molar-refractivity contribution in [2.45, 2.75) is 19.9 Å². The predicted octanol–water partition coefficient (Wildman–Crippen LogP) is 3.69. The van der Waals surface area contributed by atoms with E-state index in [0.29, 0.717) is 16.6 Å². The van der Waals surface area contributed by atoms with Crippen molar-refractivity contribution in [1.82, 2.24) is 25.1 Å². The van der Waals surface area contributed by atoms with Gasteiger partial charge in [0.25, 0.3) is 5.91 Å². The molecular formula is C20H18FN5O. The molecule has 0 radical (unpaired) electrons. The summed E-state index contributed by atoms with van der Waals surface area (Å²) in [6.07, 6.45) is 3.44. The average Bonchev–Trinajstić information content (AvgIpc) is 3.25. The first-order valence-corrected chi connectivity index (χ1v) is 8.58. The van der Waals surface area contributed by atoms with E-state index in [1.54, 1.807) is 29.2 Å². The molecule has 0 unspecified atom stereocenters. The van der Waals surface area contributed by atoms with Crippen LogP contribution in [0.2, 0.25) is 0 Å². The Kier molecular flexibility index (Phi) is 4.19. The molecule has 0 aliphatic rings. The summed E-state index contributed by atoms with van der Waals surface area (Å²) in [6.45, 7) is 3.83. The smallest absolute Gasteiger partial charge is 0.268 e. The molecule has 0 saturated carbocycles. The molecule has 0 saturated heterocycles. The number of H-pyrrole nitrogens is 1. The van der Waals surface area contributed by atoms with E-state index in [1.807, 2.05) is 32.0 Å². The van der Waals surface area contributed by atoms with Crippen molar-refractivity contribution in [2.24, 2.45) is 0 Å². The van der Waals surface area contributed by atoms with Crippen molar-refractivity contribution >= 4 is 16.8 Å².